The van der Waals surface area contributed by atoms with E-state index in [0.29, 0.717) is 158 Å². The number of carbonyl (C=O) groups is 7. The lowest BCUT2D eigenvalue weighted by Gasteiger charge is -2.30. The van der Waals surface area contributed by atoms with Gasteiger partial charge in [0.05, 0.1) is 34.2 Å². The van der Waals surface area contributed by atoms with Gasteiger partial charge in [0.1, 0.15) is 0 Å². The highest BCUT2D eigenvalue weighted by Crippen LogP contribution is 2.30. The van der Waals surface area contributed by atoms with Crippen LogP contribution < -0.4 is 48.7 Å². The molecule has 4 saturated heterocycles. The molecule has 0 unspecified atom stereocenters. The normalized spacial score (nSPS) is 19.2. The molecule has 0 aliphatic carbocycles. The predicted molar refractivity (Wildman–Crippen MR) is 462 cm³/mol. The molecular weight excluding hydrogens is 1660 g/mol. The first kappa shape index (κ1) is 89.6. The van der Waals surface area contributed by atoms with E-state index in [1.165, 1.54) is 25.3 Å². The van der Waals surface area contributed by atoms with Crippen molar-refractivity contribution in [3.63, 3.8) is 0 Å². The maximum Gasteiger partial charge on any atom is 0.251 e. The SMILES string of the molecule is CC(C)[C@H](N)C(=O)NCC[C@@H]1N[C@H](CNC(=O)c2ccc(Cl)c(Cl)c2)CCN(Cc2ccc(Cl)cc2Cl)C1=O.NCC[C@@H]1N[C@H](CNC(=O)c2ccc3cc(Cl)ccc3c2)CCN(Cc2ccc(Cl)cc2Cl)C1=O.O=C(NC[C@@H]1CCN(Cc2ccc(Cl)cc2Cl)C(=O)[C@H](CCN2CCCCC2)N1)c1ccc2cc(Cl)ccc2c1. The molecule has 0 aromatic heterocycles. The Labute approximate surface area is 715 Å². The van der Waals surface area contributed by atoms with Crippen LogP contribution in [0.1, 0.15) is 119 Å². The highest BCUT2D eigenvalue weighted by atomic mass is 35.5. The van der Waals surface area contributed by atoms with Crippen LogP contribution in [-0.4, -0.2) is 175 Å². The summed E-state index contributed by atoms with van der Waals surface area (Å²) < 4.78 is 0. The summed E-state index contributed by atoms with van der Waals surface area (Å²) in [6.45, 7) is 11.2. The van der Waals surface area contributed by atoms with Crippen molar-refractivity contribution in [2.75, 3.05) is 72.0 Å². The van der Waals surface area contributed by atoms with E-state index < -0.39 is 18.1 Å². The average molecular weight is 1750 g/mol. The fraction of sp³-hybridized carbons (Fsp3) is 0.393. The molecule has 8 aromatic rings. The monoisotopic (exact) mass is 1750 g/mol. The fourth-order valence-corrected chi connectivity index (χ4v) is 16.2. The minimum atomic E-state index is -0.629. The predicted octanol–water partition coefficient (Wildman–Crippen LogP) is 15.1. The van der Waals surface area contributed by atoms with Gasteiger partial charge in [-0.25, -0.2) is 0 Å². The molecule has 0 saturated carbocycles. The van der Waals surface area contributed by atoms with E-state index in [-0.39, 0.29) is 84.5 Å². The third-order valence-corrected chi connectivity index (χ3v) is 23.7. The van der Waals surface area contributed by atoms with Crippen molar-refractivity contribution in [2.45, 2.75) is 134 Å². The number of hydrogen-bond acceptors (Lipinski definition) is 13. The Kier molecular flexibility index (Phi) is 34.3. The van der Waals surface area contributed by atoms with Crippen molar-refractivity contribution < 1.29 is 33.6 Å². The highest BCUT2D eigenvalue weighted by Gasteiger charge is 2.35. The molecule has 12 rings (SSSR count). The van der Waals surface area contributed by atoms with Gasteiger partial charge in [0.25, 0.3) is 17.7 Å². The van der Waals surface area contributed by atoms with Crippen molar-refractivity contribution in [1.82, 2.24) is 56.8 Å². The van der Waals surface area contributed by atoms with E-state index in [4.69, 9.17) is 127 Å². The van der Waals surface area contributed by atoms with E-state index in [9.17, 15) is 33.6 Å². The summed E-state index contributed by atoms with van der Waals surface area (Å²) in [5.74, 6) is -0.951. The molecule has 7 atom stereocenters. The van der Waals surface area contributed by atoms with Gasteiger partial charge in [0.15, 0.2) is 0 Å². The van der Waals surface area contributed by atoms with E-state index >= 15 is 0 Å². The van der Waals surface area contributed by atoms with Gasteiger partial charge in [-0.15, -0.1) is 0 Å². The molecule has 20 nitrogen and oxygen atoms in total. The second-order valence-corrected chi connectivity index (χ2v) is 33.6. The number of rotatable bonds is 25. The van der Waals surface area contributed by atoms with Gasteiger partial charge >= 0.3 is 0 Å². The molecule has 11 N–H and O–H groups in total. The summed E-state index contributed by atoms with van der Waals surface area (Å²) in [5, 5.41) is 31.2. The molecule has 0 bridgehead atoms. The van der Waals surface area contributed by atoms with Crippen LogP contribution in [-0.2, 0) is 38.8 Å². The fourth-order valence-electron chi connectivity index (χ4n) is 14.1. The van der Waals surface area contributed by atoms with Crippen molar-refractivity contribution >= 4 is 179 Å². The lowest BCUT2D eigenvalue weighted by atomic mass is 10.0. The third-order valence-electron chi connectivity index (χ3n) is 20.7. The zero-order valence-corrected chi connectivity index (χ0v) is 70.9. The number of likely N-dealkylation sites (tertiary alicyclic amines) is 1. The van der Waals surface area contributed by atoms with Gasteiger partial charge in [-0.2, -0.15) is 0 Å². The summed E-state index contributed by atoms with van der Waals surface area (Å²) in [4.78, 5) is 99.3. The molecule has 4 aliphatic heterocycles. The zero-order valence-electron chi connectivity index (χ0n) is 63.3. The van der Waals surface area contributed by atoms with Gasteiger partial charge in [0.2, 0.25) is 23.6 Å². The Hall–Kier alpha value is -6.77. The van der Waals surface area contributed by atoms with Crippen molar-refractivity contribution in [1.29, 1.82) is 0 Å². The molecule has 0 spiro atoms. The first-order valence-corrected chi connectivity index (χ1v) is 42.0. The van der Waals surface area contributed by atoms with Gasteiger partial charge in [-0.1, -0.05) is 179 Å². The number of nitrogens with two attached hydrogens (primary N) is 2. The molecule has 4 fully saturated rings. The topological polar surface area (TPSA) is 269 Å². The molecule has 114 heavy (non-hydrogen) atoms. The summed E-state index contributed by atoms with van der Waals surface area (Å²) in [7, 11) is 0. The highest BCUT2D eigenvalue weighted by molar-refractivity contribution is 6.42. The van der Waals surface area contributed by atoms with Gasteiger partial charge < -0.3 is 68.3 Å². The second-order valence-electron chi connectivity index (χ2n) is 29.4. The van der Waals surface area contributed by atoms with E-state index in [1.54, 1.807) is 76.5 Å². The number of benzene rings is 8. The zero-order chi connectivity index (χ0) is 81.7. The van der Waals surface area contributed by atoms with Gasteiger partial charge in [-0.05, 0) is 218 Å². The molecule has 8 aromatic carbocycles. The Morgan fingerprint density at radius 3 is 1.17 bits per heavy atom. The second kappa shape index (κ2) is 43.6. The van der Waals surface area contributed by atoms with E-state index in [2.05, 4.69) is 42.1 Å². The number of halogens is 10. The van der Waals surface area contributed by atoms with Crippen LogP contribution in [0.15, 0.2) is 146 Å². The van der Waals surface area contributed by atoms with Crippen molar-refractivity contribution in [2.24, 2.45) is 17.4 Å². The van der Waals surface area contributed by atoms with Crippen LogP contribution >= 0.6 is 116 Å². The Morgan fingerprint density at radius 1 is 0.412 bits per heavy atom. The first-order chi connectivity index (χ1) is 54.6. The van der Waals surface area contributed by atoms with Crippen LogP contribution in [0.4, 0.5) is 0 Å². The van der Waals surface area contributed by atoms with Crippen LogP contribution in [0.2, 0.25) is 50.2 Å². The number of fused-ring (bicyclic) bond motifs is 2. The molecule has 0 radical (unpaired) electrons. The smallest absolute Gasteiger partial charge is 0.251 e. The first-order valence-electron chi connectivity index (χ1n) is 38.3. The van der Waals surface area contributed by atoms with Crippen molar-refractivity contribution in [3.05, 3.63) is 229 Å². The number of piperidine rings is 1. The Morgan fingerprint density at radius 2 is 0.772 bits per heavy atom. The minimum absolute atomic E-state index is 0.00855. The molecule has 30 heteroatoms. The summed E-state index contributed by atoms with van der Waals surface area (Å²) in [6, 6.07) is 40.5. The maximum atomic E-state index is 13.7. The molecule has 4 heterocycles. The molecule has 4 aliphatic rings. The number of amides is 7. The summed E-state index contributed by atoms with van der Waals surface area (Å²) in [6.07, 6.45) is 7.24. The quantitative estimate of drug-likeness (QED) is 0.0258. The largest absolute Gasteiger partial charge is 0.355 e. The van der Waals surface area contributed by atoms with Crippen molar-refractivity contribution in [3.8, 4) is 0 Å². The summed E-state index contributed by atoms with van der Waals surface area (Å²) in [5.41, 5.74) is 15.8. The van der Waals surface area contributed by atoms with Gasteiger partial charge in [-0.3, -0.25) is 33.6 Å². The Bertz CT molecular complexity index is 4710. The van der Waals surface area contributed by atoms with Crippen LogP contribution in [0.3, 0.4) is 0 Å². The Balaban J connectivity index is 0.000000181. The standard InChI is InChI=1S/C31H35Cl3N4O2.C27H33Cl4N5O3.C26H27Cl3N4O2/c32-25-8-6-21-16-23(5-4-22(21)17-25)30(39)35-19-27-10-15-38(20-24-7-9-26(33)18-28(24)34)31(40)29(36-27)11-14-37-12-2-1-3-13-37;1-15(2)24(32)26(38)33-9-7-23-27(39)36(14-17-3-5-18(28)12-21(17)30)10-8-19(35-23)13-34-25(37)16-4-6-20(29)22(31)11-16;27-20-5-3-16-11-18(2-1-17(16)12-20)25(34)31-14-22-8-10-33(26(35)24(32-22)7-9-30)15-19-4-6-21(28)13-23(19)29/h4-9,16-18,27,29,36H,1-3,10-15,19-20H2,(H,35,39);3-6,11-12,15,19,23-24,35H,7-10,13-14,32H2,1-2H3,(H,33,38)(H,34,37);1-6,11-13,22,24,32H,7-10,14-15,30H2,(H,31,34)/t27-,29-;19-,23-,24-;22-,24-/m000/s1. The molecular formula is C84H95Cl10N13O7. The van der Waals surface area contributed by atoms with Gasteiger partial charge in [0, 0.05) is 147 Å². The van der Waals surface area contributed by atoms with Crippen LogP contribution in [0.25, 0.3) is 21.5 Å². The molecule has 608 valence electrons. The average Bonchev–Trinajstić information content (AvgIpc) is 1.37. The van der Waals surface area contributed by atoms with E-state index in [0.717, 1.165) is 64.3 Å². The number of carbonyl (C=O) groups excluding carboxylic acids is 7. The number of nitrogens with zero attached hydrogens (tertiary/aromatic N) is 4. The third kappa shape index (κ3) is 26.1. The lowest BCUT2D eigenvalue weighted by molar-refractivity contribution is -0.134. The van der Waals surface area contributed by atoms with E-state index in [1.807, 2.05) is 91.5 Å². The van der Waals surface area contributed by atoms with Crippen LogP contribution in [0.5, 0.6) is 0 Å². The minimum Gasteiger partial charge on any atom is -0.355 e. The lowest BCUT2D eigenvalue weighted by Crippen LogP contribution is -2.50. The number of nitrogens with one attached hydrogen (secondary N) is 7. The number of hydrogen-bond donors (Lipinski definition) is 9. The molecule has 7 amide bonds. The van der Waals surface area contributed by atoms with Crippen LogP contribution in [0, 0.1) is 5.92 Å². The summed E-state index contributed by atoms with van der Waals surface area (Å²) >= 11 is 61.5. The maximum absolute atomic E-state index is 13.7.